The molecule has 1 rings (SSSR count). The number of unbranched alkanes of at least 4 members (excludes halogenated alkanes) is 3. The zero-order chi connectivity index (χ0) is 21.3. The van der Waals surface area contributed by atoms with E-state index in [1.165, 1.54) is 62.5 Å². The summed E-state index contributed by atoms with van der Waals surface area (Å²) in [6.45, 7) is 21.4. The fourth-order valence-corrected chi connectivity index (χ4v) is 22.1. The molecule has 0 spiro atoms. The molecule has 0 aromatic heterocycles. The second kappa shape index (κ2) is 12.7. The van der Waals surface area contributed by atoms with Crippen LogP contribution in [-0.2, 0) is 4.43 Å². The summed E-state index contributed by atoms with van der Waals surface area (Å²) in [7, 11) is -1.63. The van der Waals surface area contributed by atoms with Gasteiger partial charge in [0, 0.05) is 0 Å². The molecule has 0 aromatic rings. The molecule has 1 atom stereocenters. The van der Waals surface area contributed by atoms with Gasteiger partial charge in [0.15, 0.2) is 0 Å². The zero-order valence-electron chi connectivity index (χ0n) is 20.8. The molecule has 4 heteroatoms. The van der Waals surface area contributed by atoms with Gasteiger partial charge in [-0.3, -0.25) is 0 Å². The fraction of sp³-hybridized carbons (Fsp3) is 1.00. The Labute approximate surface area is 183 Å². The van der Waals surface area contributed by atoms with E-state index in [0.717, 1.165) is 6.61 Å². The molecule has 0 aliphatic carbocycles. The van der Waals surface area contributed by atoms with Gasteiger partial charge in [0.25, 0.3) is 0 Å². The van der Waals surface area contributed by atoms with E-state index >= 15 is 0 Å². The summed E-state index contributed by atoms with van der Waals surface area (Å²) in [6, 6.07) is 0.704. The number of nitrogens with zero attached hydrogens (tertiary/aromatic N) is 1. The quantitative estimate of drug-likeness (QED) is 0.217. The normalized spacial score (nSPS) is 19.5. The van der Waals surface area contributed by atoms with Crippen LogP contribution >= 0.6 is 0 Å². The van der Waals surface area contributed by atoms with Crippen LogP contribution in [0.1, 0.15) is 92.9 Å². The standard InChI is InChI=1S/C12H26NOSi.3C4H9.Sn/c1-12(2,3)15(5,6)14-10-11-8-7-9-13(11)4;3*1-3-4-2;/h11H,4,7-10H2,1-3,5-6H3;3*1,3-4H2,2H3;/t11-;;;;/m0..../s1. The second-order valence-electron chi connectivity index (χ2n) is 11.1. The van der Waals surface area contributed by atoms with Crippen molar-refractivity contribution in [2.24, 2.45) is 0 Å². The van der Waals surface area contributed by atoms with Crippen molar-refractivity contribution in [1.29, 1.82) is 0 Å². The Morgan fingerprint density at radius 3 is 1.86 bits per heavy atom. The molecule has 168 valence electrons. The summed E-state index contributed by atoms with van der Waals surface area (Å²) in [5.74, 6) is 0. The maximum absolute atomic E-state index is 6.69. The van der Waals surface area contributed by atoms with Crippen molar-refractivity contribution in [3.05, 3.63) is 0 Å². The third-order valence-corrected chi connectivity index (χ3v) is 27.3. The molecule has 0 N–H and O–H groups in total. The van der Waals surface area contributed by atoms with E-state index in [9.17, 15) is 0 Å². The number of hydrogen-bond donors (Lipinski definition) is 0. The van der Waals surface area contributed by atoms with E-state index < -0.39 is 26.7 Å². The number of rotatable bonds is 14. The molecule has 0 saturated carbocycles. The Morgan fingerprint density at radius 1 is 0.929 bits per heavy atom. The minimum absolute atomic E-state index is 0.322. The van der Waals surface area contributed by atoms with E-state index in [1.54, 1.807) is 13.3 Å². The molecular weight excluding hydrogens is 465 g/mol. The average molecular weight is 518 g/mol. The van der Waals surface area contributed by atoms with Crippen LogP contribution in [0.5, 0.6) is 0 Å². The van der Waals surface area contributed by atoms with Gasteiger partial charge in [0.05, 0.1) is 0 Å². The van der Waals surface area contributed by atoms with E-state index in [1.807, 2.05) is 0 Å². The van der Waals surface area contributed by atoms with Crippen molar-refractivity contribution in [3.8, 4) is 0 Å². The van der Waals surface area contributed by atoms with Crippen LogP contribution in [0, 0.1) is 0 Å². The van der Waals surface area contributed by atoms with E-state index in [0.29, 0.717) is 11.1 Å². The summed E-state index contributed by atoms with van der Waals surface area (Å²) in [6.07, 6.45) is 11.4. The number of hydrogen-bond acceptors (Lipinski definition) is 2. The van der Waals surface area contributed by atoms with Gasteiger partial charge in [-0.05, 0) is 0 Å². The summed E-state index contributed by atoms with van der Waals surface area (Å²) >= 11 is -2.09. The Morgan fingerprint density at radius 2 is 1.43 bits per heavy atom. The first kappa shape index (κ1) is 27.0. The van der Waals surface area contributed by atoms with Gasteiger partial charge in [0.1, 0.15) is 0 Å². The molecular formula is C24H53NOSiSn. The predicted octanol–water partition coefficient (Wildman–Crippen LogP) is 7.86. The Bertz CT molecular complexity index is 400. The molecule has 1 aliphatic rings. The van der Waals surface area contributed by atoms with E-state index in [-0.39, 0.29) is 0 Å². The first-order valence-corrected chi connectivity index (χ1v) is 23.5. The third-order valence-electron chi connectivity index (χ3n) is 7.66. The molecule has 28 heavy (non-hydrogen) atoms. The van der Waals surface area contributed by atoms with Crippen molar-refractivity contribution in [2.45, 2.75) is 130 Å². The Kier molecular flexibility index (Phi) is 12.2. The van der Waals surface area contributed by atoms with Gasteiger partial charge in [-0.1, -0.05) is 0 Å². The van der Waals surface area contributed by atoms with Crippen LogP contribution in [0.4, 0.5) is 0 Å². The van der Waals surface area contributed by atoms with Gasteiger partial charge in [0.2, 0.25) is 0 Å². The SMILES string of the molecule is CCC[CH2][Sn]([CH2]CCC)([CH2]CCC)[CH2]N1CCC[C@H]1CO[Si](C)(C)C(C)(C)C. The molecule has 0 radical (unpaired) electrons. The molecule has 0 bridgehead atoms. The average Bonchev–Trinajstić information content (AvgIpc) is 3.07. The summed E-state index contributed by atoms with van der Waals surface area (Å²) in [4.78, 5) is 2.93. The van der Waals surface area contributed by atoms with Crippen molar-refractivity contribution >= 4 is 26.7 Å². The van der Waals surface area contributed by atoms with Crippen LogP contribution in [0.15, 0.2) is 0 Å². The molecule has 0 aromatic carbocycles. The molecule has 1 fully saturated rings. The van der Waals surface area contributed by atoms with Crippen LogP contribution in [0.2, 0.25) is 31.4 Å². The summed E-state index contributed by atoms with van der Waals surface area (Å²) in [5.41, 5.74) is 0. The van der Waals surface area contributed by atoms with Crippen LogP contribution in [-0.4, -0.2) is 55.3 Å². The van der Waals surface area contributed by atoms with Crippen molar-refractivity contribution < 1.29 is 4.43 Å². The molecule has 1 aliphatic heterocycles. The molecule has 0 amide bonds. The molecule has 1 heterocycles. The Hall–Kier alpha value is 0.936. The minimum atomic E-state index is -2.09. The van der Waals surface area contributed by atoms with Gasteiger partial charge < -0.3 is 0 Å². The molecule has 2 nitrogen and oxygen atoms in total. The van der Waals surface area contributed by atoms with Gasteiger partial charge in [-0.15, -0.1) is 0 Å². The zero-order valence-corrected chi connectivity index (χ0v) is 24.7. The monoisotopic (exact) mass is 519 g/mol. The van der Waals surface area contributed by atoms with Crippen molar-refractivity contribution in [2.75, 3.05) is 17.7 Å². The van der Waals surface area contributed by atoms with E-state index in [4.69, 9.17) is 4.43 Å². The van der Waals surface area contributed by atoms with Crippen LogP contribution in [0.25, 0.3) is 0 Å². The molecule has 0 unspecified atom stereocenters. The Balaban J connectivity index is 2.83. The second-order valence-corrected chi connectivity index (χ2v) is 29.7. The first-order valence-electron chi connectivity index (χ1n) is 12.5. The van der Waals surface area contributed by atoms with Crippen LogP contribution in [0.3, 0.4) is 0 Å². The van der Waals surface area contributed by atoms with Crippen molar-refractivity contribution in [1.82, 2.24) is 4.90 Å². The molecule has 1 saturated heterocycles. The first-order chi connectivity index (χ1) is 13.1. The predicted molar refractivity (Wildman–Crippen MR) is 133 cm³/mol. The van der Waals surface area contributed by atoms with Gasteiger partial charge in [-0.25, -0.2) is 0 Å². The van der Waals surface area contributed by atoms with Crippen LogP contribution < -0.4 is 0 Å². The van der Waals surface area contributed by atoms with Crippen molar-refractivity contribution in [3.63, 3.8) is 0 Å². The van der Waals surface area contributed by atoms with Gasteiger partial charge >= 0.3 is 184 Å². The number of likely N-dealkylation sites (tertiary alicyclic amines) is 1. The summed E-state index contributed by atoms with van der Waals surface area (Å²) < 4.78 is 13.1. The fourth-order valence-electron chi connectivity index (χ4n) is 4.51. The van der Waals surface area contributed by atoms with E-state index in [2.05, 4.69) is 59.5 Å². The topological polar surface area (TPSA) is 12.5 Å². The third kappa shape index (κ3) is 8.59. The summed E-state index contributed by atoms with van der Waals surface area (Å²) in [5, 5.41) is 0.322. The van der Waals surface area contributed by atoms with Gasteiger partial charge in [-0.2, -0.15) is 0 Å². The maximum atomic E-state index is 6.69.